The number of anilines is 1. The van der Waals surface area contributed by atoms with Gasteiger partial charge in [0.15, 0.2) is 5.82 Å². The van der Waals surface area contributed by atoms with Gasteiger partial charge < -0.3 is 9.84 Å². The third-order valence-electron chi connectivity index (χ3n) is 2.99. The van der Waals surface area contributed by atoms with Crippen molar-refractivity contribution in [2.75, 3.05) is 17.6 Å². The van der Waals surface area contributed by atoms with Crippen molar-refractivity contribution in [3.8, 4) is 0 Å². The fourth-order valence-corrected chi connectivity index (χ4v) is 2.80. The molecule has 0 radical (unpaired) electrons. The van der Waals surface area contributed by atoms with Gasteiger partial charge in [0.2, 0.25) is 5.89 Å². The highest BCUT2D eigenvalue weighted by atomic mass is 32.2. The lowest BCUT2D eigenvalue weighted by atomic mass is 10.2. The Morgan fingerprint density at radius 2 is 2.10 bits per heavy atom. The normalized spacial score (nSPS) is 11.0. The summed E-state index contributed by atoms with van der Waals surface area (Å²) >= 11 is 1.85. The van der Waals surface area contributed by atoms with Crippen LogP contribution in [0.5, 0.6) is 0 Å². The Hall–Kier alpha value is -1.49. The number of para-hydroxylation sites is 1. The molecule has 0 aliphatic carbocycles. The number of hydrogen-bond donors (Lipinski definition) is 1. The average Bonchev–Trinajstić information content (AvgIpc) is 2.88. The van der Waals surface area contributed by atoms with E-state index in [0.717, 1.165) is 36.0 Å². The number of hydrogen-bond acceptors (Lipinski definition) is 5. The molecule has 2 rings (SSSR count). The van der Waals surface area contributed by atoms with Gasteiger partial charge in [0, 0.05) is 18.7 Å². The molecule has 2 aromatic rings. The van der Waals surface area contributed by atoms with Crippen molar-refractivity contribution in [2.45, 2.75) is 32.9 Å². The predicted octanol–water partition coefficient (Wildman–Crippen LogP) is 3.92. The summed E-state index contributed by atoms with van der Waals surface area (Å²) in [5, 5.41) is 7.42. The summed E-state index contributed by atoms with van der Waals surface area (Å²) in [6.45, 7) is 7.32. The van der Waals surface area contributed by atoms with E-state index in [1.807, 2.05) is 23.9 Å². The molecule has 0 fully saturated rings. The summed E-state index contributed by atoms with van der Waals surface area (Å²) in [5.74, 6) is 4.15. The number of nitrogens with zero attached hydrogens (tertiary/aromatic N) is 2. The van der Waals surface area contributed by atoms with E-state index in [1.165, 1.54) is 5.56 Å². The molecule has 0 amide bonds. The third-order valence-corrected chi connectivity index (χ3v) is 4.36. The highest BCUT2D eigenvalue weighted by Crippen LogP contribution is 2.14. The third kappa shape index (κ3) is 5.42. The lowest BCUT2D eigenvalue weighted by Gasteiger charge is -2.07. The van der Waals surface area contributed by atoms with Crippen molar-refractivity contribution in [3.05, 3.63) is 41.5 Å². The van der Waals surface area contributed by atoms with Crippen LogP contribution in [0.2, 0.25) is 0 Å². The standard InChI is InChI=1S/C16H23N3OS/c1-12(2)10-21-11-15-18-16(20-19-15)8-9-17-14-7-5-4-6-13(14)3/h4-7,12,17H,8-11H2,1-3H3. The summed E-state index contributed by atoms with van der Waals surface area (Å²) < 4.78 is 5.28. The number of nitrogens with one attached hydrogen (secondary N) is 1. The van der Waals surface area contributed by atoms with Gasteiger partial charge in [-0.1, -0.05) is 37.2 Å². The van der Waals surface area contributed by atoms with Gasteiger partial charge in [0.1, 0.15) is 0 Å². The van der Waals surface area contributed by atoms with Crippen molar-refractivity contribution >= 4 is 17.4 Å². The van der Waals surface area contributed by atoms with Crippen LogP contribution in [0.4, 0.5) is 5.69 Å². The minimum Gasteiger partial charge on any atom is -0.384 e. The van der Waals surface area contributed by atoms with Crippen LogP contribution in [0.3, 0.4) is 0 Å². The minimum absolute atomic E-state index is 0.694. The van der Waals surface area contributed by atoms with E-state index >= 15 is 0 Å². The minimum atomic E-state index is 0.694. The van der Waals surface area contributed by atoms with Crippen LogP contribution in [0.1, 0.15) is 31.1 Å². The zero-order valence-electron chi connectivity index (χ0n) is 12.9. The van der Waals surface area contributed by atoms with E-state index in [9.17, 15) is 0 Å². The second kappa shape index (κ2) is 8.08. The Morgan fingerprint density at radius 3 is 2.86 bits per heavy atom. The van der Waals surface area contributed by atoms with E-state index in [-0.39, 0.29) is 0 Å². The highest BCUT2D eigenvalue weighted by Gasteiger charge is 2.07. The van der Waals surface area contributed by atoms with Crippen LogP contribution in [-0.2, 0) is 12.2 Å². The molecule has 1 aromatic carbocycles. The smallest absolute Gasteiger partial charge is 0.228 e. The van der Waals surface area contributed by atoms with Crippen molar-refractivity contribution in [2.24, 2.45) is 5.92 Å². The maximum absolute atomic E-state index is 5.28. The van der Waals surface area contributed by atoms with Crippen molar-refractivity contribution < 1.29 is 4.52 Å². The first-order valence-electron chi connectivity index (χ1n) is 7.34. The first-order chi connectivity index (χ1) is 10.1. The number of aromatic nitrogens is 2. The van der Waals surface area contributed by atoms with Gasteiger partial charge in [0.05, 0.1) is 5.75 Å². The molecule has 21 heavy (non-hydrogen) atoms. The molecule has 0 aliphatic heterocycles. The summed E-state index contributed by atoms with van der Waals surface area (Å²) in [6, 6.07) is 8.25. The lowest BCUT2D eigenvalue weighted by Crippen LogP contribution is -2.06. The number of rotatable bonds is 8. The van der Waals surface area contributed by atoms with Gasteiger partial charge >= 0.3 is 0 Å². The van der Waals surface area contributed by atoms with Crippen molar-refractivity contribution in [3.63, 3.8) is 0 Å². The zero-order chi connectivity index (χ0) is 15.1. The molecule has 0 saturated carbocycles. The molecule has 0 atom stereocenters. The van der Waals surface area contributed by atoms with Gasteiger partial charge in [-0.2, -0.15) is 16.7 Å². The second-order valence-electron chi connectivity index (χ2n) is 5.51. The Morgan fingerprint density at radius 1 is 1.29 bits per heavy atom. The van der Waals surface area contributed by atoms with Crippen LogP contribution < -0.4 is 5.32 Å². The molecule has 0 unspecified atom stereocenters. The number of thioether (sulfide) groups is 1. The van der Waals surface area contributed by atoms with E-state index in [0.29, 0.717) is 11.8 Å². The largest absolute Gasteiger partial charge is 0.384 e. The maximum Gasteiger partial charge on any atom is 0.228 e. The monoisotopic (exact) mass is 305 g/mol. The molecular formula is C16H23N3OS. The van der Waals surface area contributed by atoms with Gasteiger partial charge in [-0.15, -0.1) is 0 Å². The molecule has 0 spiro atoms. The Bertz CT molecular complexity index is 554. The molecular weight excluding hydrogens is 282 g/mol. The van der Waals surface area contributed by atoms with E-state index < -0.39 is 0 Å². The quantitative estimate of drug-likeness (QED) is 0.801. The van der Waals surface area contributed by atoms with Crippen molar-refractivity contribution in [1.29, 1.82) is 0 Å². The molecule has 0 bridgehead atoms. The molecule has 0 aliphatic rings. The fraction of sp³-hybridized carbons (Fsp3) is 0.500. The van der Waals surface area contributed by atoms with Gasteiger partial charge in [0.25, 0.3) is 0 Å². The molecule has 0 saturated heterocycles. The summed E-state index contributed by atoms with van der Waals surface area (Å²) in [5.41, 5.74) is 2.40. The molecule has 114 valence electrons. The average molecular weight is 305 g/mol. The van der Waals surface area contributed by atoms with Crippen LogP contribution in [0, 0.1) is 12.8 Å². The fourth-order valence-electron chi connectivity index (χ4n) is 1.91. The van der Waals surface area contributed by atoms with E-state index in [1.54, 1.807) is 0 Å². The van der Waals surface area contributed by atoms with Gasteiger partial charge in [-0.25, -0.2) is 0 Å². The molecule has 1 N–H and O–H groups in total. The van der Waals surface area contributed by atoms with Crippen LogP contribution in [0.15, 0.2) is 28.8 Å². The van der Waals surface area contributed by atoms with Gasteiger partial charge in [-0.05, 0) is 30.2 Å². The molecule has 1 aromatic heterocycles. The zero-order valence-corrected chi connectivity index (χ0v) is 13.7. The summed E-state index contributed by atoms with van der Waals surface area (Å²) in [7, 11) is 0. The lowest BCUT2D eigenvalue weighted by molar-refractivity contribution is 0.376. The van der Waals surface area contributed by atoms with Gasteiger partial charge in [-0.3, -0.25) is 0 Å². The number of benzene rings is 1. The number of aryl methyl sites for hydroxylation is 1. The SMILES string of the molecule is Cc1ccccc1NCCc1nc(CSCC(C)C)no1. The maximum atomic E-state index is 5.28. The molecule has 5 heteroatoms. The van der Waals surface area contributed by atoms with Crippen LogP contribution in [-0.4, -0.2) is 22.4 Å². The van der Waals surface area contributed by atoms with Crippen molar-refractivity contribution in [1.82, 2.24) is 10.1 Å². The Labute approximate surface area is 130 Å². The highest BCUT2D eigenvalue weighted by molar-refractivity contribution is 7.98. The van der Waals surface area contributed by atoms with Crippen LogP contribution in [0.25, 0.3) is 0 Å². The molecule has 1 heterocycles. The Kier molecular flexibility index (Phi) is 6.11. The first kappa shape index (κ1) is 15.9. The predicted molar refractivity (Wildman–Crippen MR) is 88.7 cm³/mol. The molecule has 4 nitrogen and oxygen atoms in total. The topological polar surface area (TPSA) is 51.0 Å². The van der Waals surface area contributed by atoms with E-state index in [2.05, 4.69) is 48.4 Å². The summed E-state index contributed by atoms with van der Waals surface area (Å²) in [4.78, 5) is 4.42. The van der Waals surface area contributed by atoms with Crippen LogP contribution >= 0.6 is 11.8 Å². The second-order valence-corrected chi connectivity index (χ2v) is 6.54. The first-order valence-corrected chi connectivity index (χ1v) is 8.49. The van der Waals surface area contributed by atoms with E-state index in [4.69, 9.17) is 4.52 Å². The summed E-state index contributed by atoms with van der Waals surface area (Å²) in [6.07, 6.45) is 0.746. The Balaban J connectivity index is 1.74.